The van der Waals surface area contributed by atoms with Crippen molar-refractivity contribution in [3.8, 4) is 0 Å². The quantitative estimate of drug-likeness (QED) is 0.334. The van der Waals surface area contributed by atoms with Crippen molar-refractivity contribution in [2.24, 2.45) is 0 Å². The van der Waals surface area contributed by atoms with E-state index in [1.165, 1.54) is 0 Å². The van der Waals surface area contributed by atoms with Crippen molar-refractivity contribution >= 4 is 17.7 Å². The number of carbonyl (C=O) groups excluding carboxylic acids is 3. The Morgan fingerprint density at radius 1 is 1.15 bits per heavy atom. The van der Waals surface area contributed by atoms with Gasteiger partial charge in [0.15, 0.2) is 5.78 Å². The first-order valence-corrected chi connectivity index (χ1v) is 2.58. The van der Waals surface area contributed by atoms with Gasteiger partial charge in [0.25, 0.3) is 0 Å². The summed E-state index contributed by atoms with van der Waals surface area (Å²) in [7, 11) is 0. The first kappa shape index (κ1) is 18.5. The summed E-state index contributed by atoms with van der Waals surface area (Å²) >= 11 is 0. The maximum atomic E-state index is 10.1. The Hall–Kier alpha value is -0.235. The van der Waals surface area contributed by atoms with Crippen LogP contribution in [0.5, 0.6) is 0 Å². The van der Waals surface area contributed by atoms with E-state index in [1.807, 2.05) is 0 Å². The van der Waals surface area contributed by atoms with E-state index in [0.29, 0.717) is 0 Å². The fraction of sp³-hybridized carbons (Fsp3) is 0.400. The van der Waals surface area contributed by atoms with Crippen LogP contribution in [0.1, 0.15) is 6.42 Å². The van der Waals surface area contributed by atoms with E-state index in [1.54, 1.807) is 0 Å². The number of carboxylic acids is 2. The van der Waals surface area contributed by atoms with Crippen molar-refractivity contribution in [3.63, 3.8) is 0 Å². The molecule has 0 radical (unpaired) electrons. The Kier molecular flexibility index (Phi) is 11.9. The third kappa shape index (κ3) is 8.10. The second-order valence-corrected chi connectivity index (χ2v) is 1.75. The van der Waals surface area contributed by atoms with Crippen molar-refractivity contribution in [1.82, 2.24) is 0 Å². The van der Waals surface area contributed by atoms with Gasteiger partial charge in [-0.2, -0.15) is 0 Å². The Labute approximate surface area is 97.7 Å². The van der Waals surface area contributed by atoms with Crippen molar-refractivity contribution in [3.05, 3.63) is 0 Å². The molecule has 62 valence electrons. The van der Waals surface area contributed by atoms with Gasteiger partial charge in [-0.15, -0.1) is 0 Å². The van der Waals surface area contributed by atoms with E-state index in [2.05, 4.69) is 0 Å². The molecule has 1 N–H and O–H groups in total. The van der Waals surface area contributed by atoms with Crippen molar-refractivity contribution in [2.75, 3.05) is 0 Å². The number of hydrogen-bond donors (Lipinski definition) is 1. The van der Waals surface area contributed by atoms with E-state index in [9.17, 15) is 24.6 Å². The molecule has 0 spiro atoms. The Morgan fingerprint density at radius 3 is 1.77 bits per heavy atom. The standard InChI is InChI=1S/C5H6O6.2Li/c6-2(4(8)9)1-3(7)5(10)11;;/h2,6H,1H2,(H,8,9)(H,10,11);;/q;2*+1/p-2/t2-;;/m1../s1. The smallest absolute Gasteiger partial charge is 0.547 e. The van der Waals surface area contributed by atoms with E-state index < -0.39 is 30.2 Å². The Bertz CT molecular complexity index is 203. The zero-order valence-electron chi connectivity index (χ0n) is 7.27. The van der Waals surface area contributed by atoms with Crippen LogP contribution in [-0.4, -0.2) is 28.9 Å². The summed E-state index contributed by atoms with van der Waals surface area (Å²) in [5.74, 6) is -5.38. The van der Waals surface area contributed by atoms with Gasteiger partial charge in [-0.1, -0.05) is 0 Å². The molecule has 0 unspecified atom stereocenters. The number of aliphatic hydroxyl groups is 1. The van der Waals surface area contributed by atoms with Gasteiger partial charge in [0, 0.05) is 6.42 Å². The summed E-state index contributed by atoms with van der Waals surface area (Å²) in [5, 5.41) is 27.8. The molecule has 1 atom stereocenters. The molecule has 13 heavy (non-hydrogen) atoms. The van der Waals surface area contributed by atoms with Gasteiger partial charge >= 0.3 is 37.7 Å². The van der Waals surface area contributed by atoms with E-state index in [0.717, 1.165) is 0 Å². The molecule has 0 fully saturated rings. The molecular weight excluding hydrogens is 170 g/mol. The van der Waals surface area contributed by atoms with Crippen LogP contribution in [0.25, 0.3) is 0 Å². The molecular formula is C5H4Li2O6. The van der Waals surface area contributed by atoms with Gasteiger partial charge in [-0.3, -0.25) is 4.79 Å². The van der Waals surface area contributed by atoms with Crippen LogP contribution in [0.2, 0.25) is 0 Å². The largest absolute Gasteiger partial charge is 1.00 e. The van der Waals surface area contributed by atoms with Gasteiger partial charge in [-0.05, 0) is 0 Å². The average molecular weight is 174 g/mol. The average Bonchev–Trinajstić information content (AvgIpc) is 1.87. The first-order chi connectivity index (χ1) is 4.95. The fourth-order valence-electron chi connectivity index (χ4n) is 0.342. The summed E-state index contributed by atoms with van der Waals surface area (Å²) < 4.78 is 0. The summed E-state index contributed by atoms with van der Waals surface area (Å²) in [4.78, 5) is 29.5. The number of carbonyl (C=O) groups is 3. The Balaban J connectivity index is -0.000000500. The first-order valence-electron chi connectivity index (χ1n) is 2.58. The monoisotopic (exact) mass is 174 g/mol. The second kappa shape index (κ2) is 8.37. The molecule has 0 rings (SSSR count). The Morgan fingerprint density at radius 2 is 1.54 bits per heavy atom. The predicted molar refractivity (Wildman–Crippen MR) is 25.6 cm³/mol. The van der Waals surface area contributed by atoms with E-state index in [-0.39, 0.29) is 37.7 Å². The van der Waals surface area contributed by atoms with Gasteiger partial charge < -0.3 is 24.9 Å². The molecule has 0 aromatic rings. The van der Waals surface area contributed by atoms with Crippen LogP contribution < -0.4 is 47.9 Å². The number of carboxylic acid groups (broad SMARTS) is 2. The summed E-state index contributed by atoms with van der Waals surface area (Å²) in [5.41, 5.74) is 0. The summed E-state index contributed by atoms with van der Waals surface area (Å²) in [6, 6.07) is 0. The minimum absolute atomic E-state index is 0. The van der Waals surface area contributed by atoms with Crippen LogP contribution in [0.3, 0.4) is 0 Å². The van der Waals surface area contributed by atoms with Gasteiger partial charge in [0.2, 0.25) is 0 Å². The number of aliphatic carboxylic acids is 2. The second-order valence-electron chi connectivity index (χ2n) is 1.75. The summed E-state index contributed by atoms with van der Waals surface area (Å²) in [6.07, 6.45) is -3.11. The normalized spacial score (nSPS) is 10.2. The number of hydrogen-bond acceptors (Lipinski definition) is 6. The maximum Gasteiger partial charge on any atom is 1.00 e. The molecule has 0 aliphatic rings. The maximum absolute atomic E-state index is 10.1. The van der Waals surface area contributed by atoms with E-state index >= 15 is 0 Å². The van der Waals surface area contributed by atoms with Gasteiger partial charge in [0.05, 0.1) is 5.97 Å². The van der Waals surface area contributed by atoms with Crippen molar-refractivity contribution < 1.29 is 67.4 Å². The summed E-state index contributed by atoms with van der Waals surface area (Å²) in [6.45, 7) is 0. The van der Waals surface area contributed by atoms with Crippen LogP contribution in [0.4, 0.5) is 0 Å². The third-order valence-electron chi connectivity index (χ3n) is 0.878. The van der Waals surface area contributed by atoms with Crippen LogP contribution >= 0.6 is 0 Å². The van der Waals surface area contributed by atoms with Crippen molar-refractivity contribution in [1.29, 1.82) is 0 Å². The minimum Gasteiger partial charge on any atom is -0.547 e. The molecule has 0 aromatic carbocycles. The molecule has 0 aliphatic heterocycles. The SMILES string of the molecule is O=C([O-])C(=O)C[C@@H](O)C(=O)[O-].[Li+].[Li+]. The van der Waals surface area contributed by atoms with E-state index in [4.69, 9.17) is 5.11 Å². The zero-order chi connectivity index (χ0) is 9.02. The number of ketones is 1. The topological polar surface area (TPSA) is 118 Å². The number of Topliss-reactive ketones (excluding diaryl/α,β-unsaturated/α-hetero) is 1. The zero-order valence-corrected chi connectivity index (χ0v) is 7.27. The molecule has 0 heterocycles. The minimum atomic E-state index is -2.08. The predicted octanol–water partition coefficient (Wildman–Crippen LogP) is -10.2. The molecule has 8 heteroatoms. The van der Waals surface area contributed by atoms with Gasteiger partial charge in [0.1, 0.15) is 12.1 Å². The molecule has 0 aromatic heterocycles. The van der Waals surface area contributed by atoms with Crippen molar-refractivity contribution in [2.45, 2.75) is 12.5 Å². The number of rotatable bonds is 4. The molecule has 6 nitrogen and oxygen atoms in total. The number of aliphatic hydroxyl groups excluding tert-OH is 1. The molecule has 0 bridgehead atoms. The fourth-order valence-corrected chi connectivity index (χ4v) is 0.342. The molecule has 0 saturated carbocycles. The molecule has 0 saturated heterocycles. The molecule has 0 amide bonds. The third-order valence-corrected chi connectivity index (χ3v) is 0.878. The van der Waals surface area contributed by atoms with Crippen LogP contribution in [0.15, 0.2) is 0 Å². The van der Waals surface area contributed by atoms with Crippen LogP contribution in [0, 0.1) is 0 Å². The van der Waals surface area contributed by atoms with Gasteiger partial charge in [-0.25, -0.2) is 0 Å². The molecule has 0 aliphatic carbocycles. The van der Waals surface area contributed by atoms with Crippen LogP contribution in [-0.2, 0) is 14.4 Å².